The summed E-state index contributed by atoms with van der Waals surface area (Å²) in [7, 11) is 0. The standard InChI is InChI=1S/C58H47N/c1-55(2)45-20-10-7-17-39(45)42-30-27-37(34-53(42)55)59(38-28-31-43-40-18-8-11-21-46(40)56(3,4)54(43)35-38)36-29-32-48-44(33-36)41-19-9-12-22-47(41)58(48)51-25-15-13-23-49(51)57(5,6)50-24-14-16-26-52(50)58/h7-35H,1-6H3. The zero-order valence-corrected chi connectivity index (χ0v) is 34.7. The van der Waals surface area contributed by atoms with Gasteiger partial charge in [0.25, 0.3) is 0 Å². The minimum atomic E-state index is -0.426. The molecule has 59 heavy (non-hydrogen) atoms. The van der Waals surface area contributed by atoms with Crippen LogP contribution < -0.4 is 4.90 Å². The molecule has 0 aromatic heterocycles. The minimum Gasteiger partial charge on any atom is -0.310 e. The van der Waals surface area contributed by atoms with Gasteiger partial charge in [-0.2, -0.15) is 0 Å². The molecule has 0 aliphatic heterocycles. The average Bonchev–Trinajstić information content (AvgIpc) is 3.78. The molecule has 0 heterocycles. The maximum Gasteiger partial charge on any atom is 0.0719 e. The van der Waals surface area contributed by atoms with Crippen LogP contribution in [0.4, 0.5) is 17.1 Å². The van der Waals surface area contributed by atoms with Crippen molar-refractivity contribution in [2.45, 2.75) is 63.2 Å². The summed E-state index contributed by atoms with van der Waals surface area (Å²) in [5.41, 5.74) is 24.5. The fraction of sp³-hybridized carbons (Fsp3) is 0.172. The van der Waals surface area contributed by atoms with Gasteiger partial charge >= 0.3 is 0 Å². The van der Waals surface area contributed by atoms with E-state index in [4.69, 9.17) is 0 Å². The Kier molecular flexibility index (Phi) is 6.80. The van der Waals surface area contributed by atoms with Crippen molar-refractivity contribution in [3.05, 3.63) is 232 Å². The lowest BCUT2D eigenvalue weighted by atomic mass is 9.55. The quantitative estimate of drug-likeness (QED) is 0.173. The van der Waals surface area contributed by atoms with E-state index in [9.17, 15) is 0 Å². The number of hydrogen-bond acceptors (Lipinski definition) is 1. The Morgan fingerprint density at radius 2 is 0.576 bits per heavy atom. The second-order valence-electron chi connectivity index (χ2n) is 18.9. The predicted molar refractivity (Wildman–Crippen MR) is 246 cm³/mol. The van der Waals surface area contributed by atoms with Gasteiger partial charge in [0.15, 0.2) is 0 Å². The van der Waals surface area contributed by atoms with Gasteiger partial charge in [0.2, 0.25) is 0 Å². The Hall–Kier alpha value is -6.44. The largest absolute Gasteiger partial charge is 0.310 e. The highest BCUT2D eigenvalue weighted by Crippen LogP contribution is 2.63. The molecule has 0 atom stereocenters. The van der Waals surface area contributed by atoms with E-state index in [2.05, 4.69) is 222 Å². The van der Waals surface area contributed by atoms with Crippen LogP contribution in [0.3, 0.4) is 0 Å². The van der Waals surface area contributed by atoms with Gasteiger partial charge in [0, 0.05) is 33.3 Å². The summed E-state index contributed by atoms with van der Waals surface area (Å²) in [4.78, 5) is 2.53. The lowest BCUT2D eigenvalue weighted by Crippen LogP contribution is -2.40. The Morgan fingerprint density at radius 3 is 1.07 bits per heavy atom. The highest BCUT2D eigenvalue weighted by Gasteiger charge is 2.53. The van der Waals surface area contributed by atoms with Gasteiger partial charge in [-0.3, -0.25) is 0 Å². The summed E-state index contributed by atoms with van der Waals surface area (Å²) >= 11 is 0. The molecule has 8 aromatic rings. The van der Waals surface area contributed by atoms with Crippen LogP contribution in [0.5, 0.6) is 0 Å². The lowest BCUT2D eigenvalue weighted by Gasteiger charge is -2.46. The van der Waals surface area contributed by atoms with E-state index in [1.165, 1.54) is 100 Å². The lowest BCUT2D eigenvalue weighted by molar-refractivity contribution is 0.563. The first-order chi connectivity index (χ1) is 28.5. The van der Waals surface area contributed by atoms with Gasteiger partial charge < -0.3 is 4.90 Å². The van der Waals surface area contributed by atoms with E-state index < -0.39 is 5.41 Å². The Bertz CT molecular complexity index is 2940. The third-order valence-corrected chi connectivity index (χ3v) is 14.9. The molecule has 0 saturated carbocycles. The van der Waals surface area contributed by atoms with Crippen LogP contribution in [-0.2, 0) is 21.7 Å². The van der Waals surface area contributed by atoms with Crippen molar-refractivity contribution in [3.8, 4) is 33.4 Å². The first-order valence-electron chi connectivity index (χ1n) is 21.3. The van der Waals surface area contributed by atoms with Crippen molar-refractivity contribution in [1.29, 1.82) is 0 Å². The SMILES string of the molecule is CC1(C)c2ccccc2-c2ccc(N(c3ccc4c(c3)-c3ccccc3C43c4ccccc4C(C)(C)c4ccccc43)c3ccc4c(c3)C(C)(C)c3ccccc3-4)cc21. The van der Waals surface area contributed by atoms with Gasteiger partial charge in [-0.25, -0.2) is 0 Å². The van der Waals surface area contributed by atoms with E-state index in [0.29, 0.717) is 0 Å². The topological polar surface area (TPSA) is 3.24 Å². The molecule has 0 saturated heterocycles. The second-order valence-corrected chi connectivity index (χ2v) is 18.9. The van der Waals surface area contributed by atoms with Crippen molar-refractivity contribution < 1.29 is 0 Å². The zero-order valence-electron chi connectivity index (χ0n) is 34.7. The molecule has 0 radical (unpaired) electrons. The fourth-order valence-electron chi connectivity index (χ4n) is 12.1. The highest BCUT2D eigenvalue weighted by atomic mass is 15.1. The summed E-state index contributed by atoms with van der Waals surface area (Å²) in [6.07, 6.45) is 0. The highest BCUT2D eigenvalue weighted by molar-refractivity contribution is 5.93. The van der Waals surface area contributed by atoms with Crippen LogP contribution in [-0.4, -0.2) is 0 Å². The molecule has 4 aliphatic rings. The first-order valence-corrected chi connectivity index (χ1v) is 21.3. The molecule has 12 rings (SSSR count). The van der Waals surface area contributed by atoms with E-state index >= 15 is 0 Å². The van der Waals surface area contributed by atoms with Crippen molar-refractivity contribution in [1.82, 2.24) is 0 Å². The first kappa shape index (κ1) is 34.6. The molecule has 0 amide bonds. The Morgan fingerprint density at radius 1 is 0.254 bits per heavy atom. The molecule has 284 valence electrons. The third-order valence-electron chi connectivity index (χ3n) is 14.9. The summed E-state index contributed by atoms with van der Waals surface area (Å²) in [6, 6.07) is 67.3. The van der Waals surface area contributed by atoms with E-state index in [1.807, 2.05) is 0 Å². The molecule has 8 aromatic carbocycles. The second kappa shape index (κ2) is 11.6. The monoisotopic (exact) mass is 757 g/mol. The van der Waals surface area contributed by atoms with E-state index in [0.717, 1.165) is 5.69 Å². The minimum absolute atomic E-state index is 0.117. The molecular formula is C58H47N. The van der Waals surface area contributed by atoms with Gasteiger partial charge in [-0.1, -0.05) is 181 Å². The maximum atomic E-state index is 2.53. The fourth-order valence-corrected chi connectivity index (χ4v) is 12.1. The number of fused-ring (bicyclic) bond motifs is 15. The van der Waals surface area contributed by atoms with Crippen LogP contribution in [0.25, 0.3) is 33.4 Å². The molecule has 0 fully saturated rings. The van der Waals surface area contributed by atoms with Crippen LogP contribution in [0.1, 0.15) is 97.2 Å². The zero-order chi connectivity index (χ0) is 40.1. The van der Waals surface area contributed by atoms with Gasteiger partial charge in [-0.05, 0) is 125 Å². The van der Waals surface area contributed by atoms with Gasteiger partial charge in [-0.15, -0.1) is 0 Å². The Labute approximate surface area is 348 Å². The summed E-state index contributed by atoms with van der Waals surface area (Å²) in [5.74, 6) is 0. The molecular weight excluding hydrogens is 711 g/mol. The summed E-state index contributed by atoms with van der Waals surface area (Å²) in [6.45, 7) is 14.3. The van der Waals surface area contributed by atoms with Crippen LogP contribution in [0.15, 0.2) is 176 Å². The third kappa shape index (κ3) is 4.30. The van der Waals surface area contributed by atoms with Crippen LogP contribution >= 0.6 is 0 Å². The van der Waals surface area contributed by atoms with Crippen molar-refractivity contribution in [2.24, 2.45) is 0 Å². The number of rotatable bonds is 3. The van der Waals surface area contributed by atoms with Crippen molar-refractivity contribution in [2.75, 3.05) is 4.90 Å². The predicted octanol–water partition coefficient (Wildman–Crippen LogP) is 14.8. The van der Waals surface area contributed by atoms with E-state index in [-0.39, 0.29) is 16.2 Å². The van der Waals surface area contributed by atoms with Crippen molar-refractivity contribution >= 4 is 17.1 Å². The van der Waals surface area contributed by atoms with Crippen LogP contribution in [0.2, 0.25) is 0 Å². The molecule has 0 bridgehead atoms. The summed E-state index contributed by atoms with van der Waals surface area (Å²) in [5, 5.41) is 0. The molecule has 1 nitrogen and oxygen atoms in total. The molecule has 0 N–H and O–H groups in total. The molecule has 1 heteroatoms. The number of hydrogen-bond donors (Lipinski definition) is 0. The average molecular weight is 758 g/mol. The molecule has 1 spiro atoms. The molecule has 0 unspecified atom stereocenters. The van der Waals surface area contributed by atoms with Crippen molar-refractivity contribution in [3.63, 3.8) is 0 Å². The summed E-state index contributed by atoms with van der Waals surface area (Å²) < 4.78 is 0. The smallest absolute Gasteiger partial charge is 0.0719 e. The Balaban J connectivity index is 1.11. The van der Waals surface area contributed by atoms with E-state index in [1.54, 1.807) is 0 Å². The number of benzene rings is 8. The number of anilines is 3. The van der Waals surface area contributed by atoms with Crippen LogP contribution in [0, 0.1) is 0 Å². The normalized spacial score (nSPS) is 16.8. The number of nitrogens with zero attached hydrogens (tertiary/aromatic N) is 1. The van der Waals surface area contributed by atoms with Gasteiger partial charge in [0.05, 0.1) is 5.41 Å². The van der Waals surface area contributed by atoms with Gasteiger partial charge in [0.1, 0.15) is 0 Å². The maximum absolute atomic E-state index is 2.53. The molecule has 4 aliphatic carbocycles.